The third-order valence-electron chi connectivity index (χ3n) is 5.48. The second-order valence-electron chi connectivity index (χ2n) is 7.53. The van der Waals surface area contributed by atoms with E-state index in [-0.39, 0.29) is 17.5 Å². The fraction of sp³-hybridized carbons (Fsp3) is 0.435. The van der Waals surface area contributed by atoms with Crippen LogP contribution in [0, 0.1) is 16.0 Å². The Balaban J connectivity index is 1.50. The highest BCUT2D eigenvalue weighted by Crippen LogP contribution is 2.36. The Labute approximate surface area is 171 Å². The number of benzene rings is 2. The van der Waals surface area contributed by atoms with Crippen molar-refractivity contribution in [1.29, 1.82) is 0 Å². The minimum absolute atomic E-state index is 0.00832. The van der Waals surface area contributed by atoms with Crippen LogP contribution in [0.25, 0.3) is 0 Å². The number of hydrogen-bond acceptors (Lipinski definition) is 4. The van der Waals surface area contributed by atoms with Crippen molar-refractivity contribution in [2.24, 2.45) is 5.92 Å². The summed E-state index contributed by atoms with van der Waals surface area (Å²) in [7, 11) is 0. The van der Waals surface area contributed by atoms with E-state index in [1.807, 2.05) is 30.3 Å². The Hall–Kier alpha value is -2.89. The number of rotatable bonds is 9. The Morgan fingerprint density at radius 1 is 1.10 bits per heavy atom. The van der Waals surface area contributed by atoms with Crippen LogP contribution in [0.3, 0.4) is 0 Å². The van der Waals surface area contributed by atoms with E-state index in [2.05, 4.69) is 5.32 Å². The molecule has 0 spiro atoms. The smallest absolute Gasteiger partial charge is 0.273 e. The molecule has 2 aromatic rings. The summed E-state index contributed by atoms with van der Waals surface area (Å²) in [6.07, 6.45) is 6.48. The minimum atomic E-state index is -0.442. The summed E-state index contributed by atoms with van der Waals surface area (Å²) in [5.74, 6) is 0.842. The Bertz CT molecular complexity index is 804. The van der Waals surface area contributed by atoms with Crippen LogP contribution < -0.4 is 10.1 Å². The van der Waals surface area contributed by atoms with Crippen LogP contribution in [-0.2, 0) is 4.79 Å². The molecule has 1 amide bonds. The first-order chi connectivity index (χ1) is 14.1. The Morgan fingerprint density at radius 2 is 1.86 bits per heavy atom. The molecule has 29 heavy (non-hydrogen) atoms. The van der Waals surface area contributed by atoms with E-state index >= 15 is 0 Å². The molecule has 1 aliphatic rings. The maximum atomic E-state index is 13.0. The highest BCUT2D eigenvalue weighted by molar-refractivity contribution is 5.84. The second kappa shape index (κ2) is 10.6. The van der Waals surface area contributed by atoms with Crippen molar-refractivity contribution in [3.63, 3.8) is 0 Å². The maximum Gasteiger partial charge on any atom is 0.273 e. The molecule has 0 heterocycles. The van der Waals surface area contributed by atoms with Gasteiger partial charge in [-0.15, -0.1) is 0 Å². The number of nitrogens with zero attached hydrogens (tertiary/aromatic N) is 1. The van der Waals surface area contributed by atoms with Crippen LogP contribution in [0.5, 0.6) is 5.75 Å². The van der Waals surface area contributed by atoms with Crippen LogP contribution in [0.2, 0.25) is 0 Å². The van der Waals surface area contributed by atoms with E-state index in [0.29, 0.717) is 31.2 Å². The molecule has 2 aromatic carbocycles. The average molecular weight is 396 g/mol. The lowest BCUT2D eigenvalue weighted by Gasteiger charge is -2.29. The van der Waals surface area contributed by atoms with Crippen molar-refractivity contribution in [3.8, 4) is 5.75 Å². The predicted molar refractivity (Wildman–Crippen MR) is 112 cm³/mol. The predicted octanol–water partition coefficient (Wildman–Crippen LogP) is 4.84. The zero-order valence-corrected chi connectivity index (χ0v) is 16.6. The molecule has 1 N–H and O–H groups in total. The molecule has 6 heteroatoms. The molecular formula is C23H28N2O4. The number of non-ortho nitro benzene ring substituents is 1. The van der Waals surface area contributed by atoms with E-state index in [1.165, 1.54) is 31.4 Å². The monoisotopic (exact) mass is 396 g/mol. The van der Waals surface area contributed by atoms with Gasteiger partial charge in [0.25, 0.3) is 5.69 Å². The largest absolute Gasteiger partial charge is 0.493 e. The SMILES string of the molecule is O=C(NCCCOc1cccc([N+](=O)[O-])c1)C(c1ccccc1)C1CCCCC1. The summed E-state index contributed by atoms with van der Waals surface area (Å²) >= 11 is 0. The van der Waals surface area contributed by atoms with Gasteiger partial charge in [0.15, 0.2) is 0 Å². The third-order valence-corrected chi connectivity index (χ3v) is 5.48. The zero-order chi connectivity index (χ0) is 20.5. The Morgan fingerprint density at radius 3 is 2.59 bits per heavy atom. The van der Waals surface area contributed by atoms with E-state index in [1.54, 1.807) is 12.1 Å². The summed E-state index contributed by atoms with van der Waals surface area (Å²) in [6, 6.07) is 16.2. The molecular weight excluding hydrogens is 368 g/mol. The van der Waals surface area contributed by atoms with Crippen molar-refractivity contribution < 1.29 is 14.5 Å². The van der Waals surface area contributed by atoms with Crippen LogP contribution in [0.1, 0.15) is 50.0 Å². The summed E-state index contributed by atoms with van der Waals surface area (Å²) in [5.41, 5.74) is 1.10. The van der Waals surface area contributed by atoms with Gasteiger partial charge in [0.05, 0.1) is 23.5 Å². The molecule has 0 aromatic heterocycles. The highest BCUT2D eigenvalue weighted by Gasteiger charge is 2.30. The zero-order valence-electron chi connectivity index (χ0n) is 16.6. The number of carbonyl (C=O) groups is 1. The first-order valence-electron chi connectivity index (χ1n) is 10.3. The number of carbonyl (C=O) groups excluding carboxylic acids is 1. The standard InChI is InChI=1S/C23H28N2O4/c26-23(22(18-9-3-1-4-10-18)19-11-5-2-6-12-19)24-15-8-16-29-21-14-7-13-20(17-21)25(27)28/h1,3-4,7,9-10,13-14,17,19,22H,2,5-6,8,11-12,15-16H2,(H,24,26). The Kier molecular flexibility index (Phi) is 7.61. The van der Waals surface area contributed by atoms with Gasteiger partial charge in [-0.05, 0) is 36.8 Å². The second-order valence-corrected chi connectivity index (χ2v) is 7.53. The van der Waals surface area contributed by atoms with Crippen molar-refractivity contribution in [2.45, 2.75) is 44.4 Å². The number of amides is 1. The van der Waals surface area contributed by atoms with Crippen LogP contribution in [-0.4, -0.2) is 24.0 Å². The topological polar surface area (TPSA) is 81.5 Å². The van der Waals surface area contributed by atoms with Crippen molar-refractivity contribution in [2.75, 3.05) is 13.2 Å². The molecule has 1 saturated carbocycles. The molecule has 1 unspecified atom stereocenters. The lowest BCUT2D eigenvalue weighted by atomic mass is 9.76. The fourth-order valence-electron chi connectivity index (χ4n) is 4.04. The number of nitrogens with one attached hydrogen (secondary N) is 1. The van der Waals surface area contributed by atoms with Crippen molar-refractivity contribution in [1.82, 2.24) is 5.32 Å². The molecule has 0 saturated heterocycles. The molecule has 0 radical (unpaired) electrons. The molecule has 0 aliphatic heterocycles. The summed E-state index contributed by atoms with van der Waals surface area (Å²) in [4.78, 5) is 23.3. The van der Waals surface area contributed by atoms with Crippen LogP contribution in [0.4, 0.5) is 5.69 Å². The van der Waals surface area contributed by atoms with Gasteiger partial charge in [-0.2, -0.15) is 0 Å². The third kappa shape index (κ3) is 6.04. The quantitative estimate of drug-likeness (QED) is 0.373. The summed E-state index contributed by atoms with van der Waals surface area (Å²) in [5, 5.41) is 13.9. The number of hydrogen-bond donors (Lipinski definition) is 1. The maximum absolute atomic E-state index is 13.0. The number of ether oxygens (including phenoxy) is 1. The van der Waals surface area contributed by atoms with Gasteiger partial charge >= 0.3 is 0 Å². The number of nitro benzene ring substituents is 1. The molecule has 154 valence electrons. The van der Waals surface area contributed by atoms with Gasteiger partial charge in [-0.1, -0.05) is 55.7 Å². The van der Waals surface area contributed by atoms with Crippen LogP contribution in [0.15, 0.2) is 54.6 Å². The summed E-state index contributed by atoms with van der Waals surface area (Å²) < 4.78 is 5.58. The van der Waals surface area contributed by atoms with Crippen molar-refractivity contribution in [3.05, 3.63) is 70.3 Å². The van der Waals surface area contributed by atoms with Gasteiger partial charge < -0.3 is 10.1 Å². The van der Waals surface area contributed by atoms with E-state index < -0.39 is 4.92 Å². The molecule has 6 nitrogen and oxygen atoms in total. The van der Waals surface area contributed by atoms with Crippen LogP contribution >= 0.6 is 0 Å². The van der Waals surface area contributed by atoms with E-state index in [4.69, 9.17) is 4.74 Å². The van der Waals surface area contributed by atoms with Gasteiger partial charge in [0.2, 0.25) is 5.91 Å². The van der Waals surface area contributed by atoms with Gasteiger partial charge in [-0.3, -0.25) is 14.9 Å². The first kappa shape index (κ1) is 20.8. The lowest BCUT2D eigenvalue weighted by molar-refractivity contribution is -0.384. The number of nitro groups is 1. The molecule has 1 aliphatic carbocycles. The van der Waals surface area contributed by atoms with E-state index in [0.717, 1.165) is 18.4 Å². The highest BCUT2D eigenvalue weighted by atomic mass is 16.6. The lowest BCUT2D eigenvalue weighted by Crippen LogP contribution is -2.35. The fourth-order valence-corrected chi connectivity index (χ4v) is 4.04. The molecule has 1 fully saturated rings. The van der Waals surface area contributed by atoms with E-state index in [9.17, 15) is 14.9 Å². The minimum Gasteiger partial charge on any atom is -0.493 e. The normalized spacial score (nSPS) is 15.4. The summed E-state index contributed by atoms with van der Waals surface area (Å²) in [6.45, 7) is 0.907. The molecule has 1 atom stereocenters. The molecule has 0 bridgehead atoms. The van der Waals surface area contributed by atoms with Crippen molar-refractivity contribution >= 4 is 11.6 Å². The van der Waals surface area contributed by atoms with Gasteiger partial charge in [0, 0.05) is 12.6 Å². The average Bonchev–Trinajstić information content (AvgIpc) is 2.75. The first-order valence-corrected chi connectivity index (χ1v) is 10.3. The van der Waals surface area contributed by atoms with Gasteiger partial charge in [-0.25, -0.2) is 0 Å². The molecule has 3 rings (SSSR count). The van der Waals surface area contributed by atoms with Gasteiger partial charge in [0.1, 0.15) is 5.75 Å².